The van der Waals surface area contributed by atoms with Crippen molar-refractivity contribution in [3.63, 3.8) is 0 Å². The van der Waals surface area contributed by atoms with Crippen LogP contribution in [-0.4, -0.2) is 39.3 Å². The number of benzene rings is 1. The van der Waals surface area contributed by atoms with E-state index in [2.05, 4.69) is 5.32 Å². The van der Waals surface area contributed by atoms with E-state index in [-0.39, 0.29) is 17.8 Å². The van der Waals surface area contributed by atoms with Crippen LogP contribution >= 0.6 is 0 Å². The van der Waals surface area contributed by atoms with E-state index in [1.54, 1.807) is 0 Å². The highest BCUT2D eigenvalue weighted by molar-refractivity contribution is 5.76. The molecule has 9 nitrogen and oxygen atoms in total. The molecule has 0 heterocycles. The number of nitro groups is 2. The molecule has 1 atom stereocenters. The number of aliphatic hydroxyl groups excluding tert-OH is 2. The zero-order valence-electron chi connectivity index (χ0n) is 10.1. The van der Waals surface area contributed by atoms with Gasteiger partial charge in [-0.1, -0.05) is 0 Å². The summed E-state index contributed by atoms with van der Waals surface area (Å²) in [4.78, 5) is 20.3. The Kier molecular flexibility index (Phi) is 4.73. The van der Waals surface area contributed by atoms with Crippen LogP contribution in [0.25, 0.3) is 0 Å². The summed E-state index contributed by atoms with van der Waals surface area (Å²) >= 11 is 0. The Hall–Kier alpha value is -2.26. The van der Waals surface area contributed by atoms with Gasteiger partial charge in [-0.25, -0.2) is 0 Å². The average molecular weight is 271 g/mol. The van der Waals surface area contributed by atoms with Crippen LogP contribution in [0.15, 0.2) is 12.1 Å². The third-order valence-corrected chi connectivity index (χ3v) is 2.46. The van der Waals surface area contributed by atoms with Crippen molar-refractivity contribution in [3.8, 4) is 0 Å². The fourth-order valence-electron chi connectivity index (χ4n) is 1.53. The summed E-state index contributed by atoms with van der Waals surface area (Å²) in [6.07, 6.45) is -1.17. The van der Waals surface area contributed by atoms with Crippen LogP contribution in [0.3, 0.4) is 0 Å². The van der Waals surface area contributed by atoms with Gasteiger partial charge in [0.05, 0.1) is 22.6 Å². The van der Waals surface area contributed by atoms with Crippen LogP contribution in [0.2, 0.25) is 0 Å². The first-order valence-corrected chi connectivity index (χ1v) is 5.33. The number of nitrogens with one attached hydrogen (secondary N) is 1. The van der Waals surface area contributed by atoms with Gasteiger partial charge in [-0.3, -0.25) is 20.2 Å². The summed E-state index contributed by atoms with van der Waals surface area (Å²) in [5, 5.41) is 42.1. The maximum atomic E-state index is 11.0. The SMILES string of the molecule is Cc1ccc([N+](=O)[O-])c(NCC(O)CO)c1[N+](=O)[O-]. The lowest BCUT2D eigenvalue weighted by Gasteiger charge is -2.11. The van der Waals surface area contributed by atoms with Crippen molar-refractivity contribution in [2.45, 2.75) is 13.0 Å². The summed E-state index contributed by atoms with van der Waals surface area (Å²) < 4.78 is 0. The number of nitrogens with zero attached hydrogens (tertiary/aromatic N) is 2. The lowest BCUT2D eigenvalue weighted by Crippen LogP contribution is -2.23. The molecule has 0 aliphatic carbocycles. The summed E-state index contributed by atoms with van der Waals surface area (Å²) in [5.41, 5.74) is -0.888. The smallest absolute Gasteiger partial charge is 0.302 e. The minimum absolute atomic E-state index is 0.234. The van der Waals surface area contributed by atoms with Gasteiger partial charge in [-0.2, -0.15) is 0 Å². The van der Waals surface area contributed by atoms with Crippen molar-refractivity contribution in [2.75, 3.05) is 18.5 Å². The lowest BCUT2D eigenvalue weighted by atomic mass is 10.1. The Morgan fingerprint density at radius 2 is 1.95 bits per heavy atom. The Labute approximate surface area is 107 Å². The summed E-state index contributed by atoms with van der Waals surface area (Å²) in [6, 6.07) is 2.43. The van der Waals surface area contributed by atoms with Crippen LogP contribution in [0.1, 0.15) is 5.56 Å². The van der Waals surface area contributed by atoms with E-state index in [1.807, 2.05) is 0 Å². The molecule has 0 aliphatic rings. The van der Waals surface area contributed by atoms with Crippen molar-refractivity contribution in [2.24, 2.45) is 0 Å². The number of hydrogen-bond donors (Lipinski definition) is 3. The minimum atomic E-state index is -1.17. The summed E-state index contributed by atoms with van der Waals surface area (Å²) in [5.74, 6) is 0. The van der Waals surface area contributed by atoms with Crippen LogP contribution in [0, 0.1) is 27.2 Å². The molecule has 0 bridgehead atoms. The third-order valence-electron chi connectivity index (χ3n) is 2.46. The van der Waals surface area contributed by atoms with E-state index in [9.17, 15) is 25.3 Å². The van der Waals surface area contributed by atoms with Gasteiger partial charge in [0.15, 0.2) is 5.69 Å². The van der Waals surface area contributed by atoms with E-state index in [0.29, 0.717) is 0 Å². The van der Waals surface area contributed by atoms with Crippen LogP contribution in [0.5, 0.6) is 0 Å². The number of hydrogen-bond acceptors (Lipinski definition) is 7. The Balaban J connectivity index is 3.25. The molecule has 0 fully saturated rings. The third kappa shape index (κ3) is 3.36. The molecular formula is C10H13N3O6. The van der Waals surface area contributed by atoms with E-state index >= 15 is 0 Å². The first kappa shape index (κ1) is 14.8. The molecule has 1 rings (SSSR count). The number of rotatable bonds is 6. The molecule has 0 saturated heterocycles. The number of aliphatic hydroxyl groups is 2. The topological polar surface area (TPSA) is 139 Å². The molecule has 0 radical (unpaired) electrons. The Morgan fingerprint density at radius 1 is 1.32 bits per heavy atom. The first-order chi connectivity index (χ1) is 8.88. The molecule has 9 heteroatoms. The van der Waals surface area contributed by atoms with Gasteiger partial charge in [0.2, 0.25) is 0 Å². The fourth-order valence-corrected chi connectivity index (χ4v) is 1.53. The van der Waals surface area contributed by atoms with Crippen LogP contribution in [0.4, 0.5) is 17.1 Å². The summed E-state index contributed by atoms with van der Waals surface area (Å²) in [6.45, 7) is 0.664. The highest BCUT2D eigenvalue weighted by Gasteiger charge is 2.27. The van der Waals surface area contributed by atoms with Gasteiger partial charge < -0.3 is 15.5 Å². The van der Waals surface area contributed by atoms with Crippen LogP contribution < -0.4 is 5.32 Å². The summed E-state index contributed by atoms with van der Waals surface area (Å²) in [7, 11) is 0. The molecule has 0 aromatic heterocycles. The van der Waals surface area contributed by atoms with Crippen LogP contribution in [-0.2, 0) is 0 Å². The molecule has 1 aromatic rings. The molecule has 0 aliphatic heterocycles. The monoisotopic (exact) mass is 271 g/mol. The first-order valence-electron chi connectivity index (χ1n) is 5.33. The van der Waals surface area contributed by atoms with E-state index in [0.717, 1.165) is 6.07 Å². The van der Waals surface area contributed by atoms with Crippen molar-refractivity contribution in [3.05, 3.63) is 37.9 Å². The van der Waals surface area contributed by atoms with Gasteiger partial charge in [0.1, 0.15) is 0 Å². The molecule has 3 N–H and O–H groups in total. The Bertz CT molecular complexity index is 504. The van der Waals surface area contributed by atoms with Gasteiger partial charge in [-0.05, 0) is 13.0 Å². The number of anilines is 1. The lowest BCUT2D eigenvalue weighted by molar-refractivity contribution is -0.392. The molecule has 0 saturated carbocycles. The van der Waals surface area contributed by atoms with E-state index < -0.39 is 33.9 Å². The van der Waals surface area contributed by atoms with Crippen molar-refractivity contribution >= 4 is 17.1 Å². The molecule has 1 aromatic carbocycles. The normalized spacial score (nSPS) is 11.9. The van der Waals surface area contributed by atoms with Gasteiger partial charge in [0.25, 0.3) is 5.69 Å². The highest BCUT2D eigenvalue weighted by atomic mass is 16.6. The molecule has 0 spiro atoms. The fraction of sp³-hybridized carbons (Fsp3) is 0.400. The maximum Gasteiger partial charge on any atom is 0.302 e. The highest BCUT2D eigenvalue weighted by Crippen LogP contribution is 2.36. The quantitative estimate of drug-likeness (QED) is 0.507. The molecular weight excluding hydrogens is 258 g/mol. The second-order valence-electron chi connectivity index (χ2n) is 3.86. The molecule has 104 valence electrons. The van der Waals surface area contributed by atoms with Gasteiger partial charge in [0, 0.05) is 18.2 Å². The maximum absolute atomic E-state index is 11.0. The standard InChI is InChI=1S/C10H13N3O6/c1-6-2-3-8(12(16)17)9(10(6)13(18)19)11-4-7(15)5-14/h2-3,7,11,14-15H,4-5H2,1H3. The second kappa shape index (κ2) is 6.07. The second-order valence-corrected chi connectivity index (χ2v) is 3.86. The van der Waals surface area contributed by atoms with Crippen molar-refractivity contribution in [1.29, 1.82) is 0 Å². The zero-order valence-corrected chi connectivity index (χ0v) is 10.1. The number of aryl methyl sites for hydroxylation is 1. The Morgan fingerprint density at radius 3 is 2.42 bits per heavy atom. The predicted octanol–water partition coefficient (Wildman–Crippen LogP) is 0.577. The number of nitro benzene ring substituents is 2. The average Bonchev–Trinajstić information content (AvgIpc) is 2.34. The van der Waals surface area contributed by atoms with Crippen molar-refractivity contribution in [1.82, 2.24) is 0 Å². The molecule has 0 amide bonds. The molecule has 19 heavy (non-hydrogen) atoms. The predicted molar refractivity (Wildman–Crippen MR) is 66.1 cm³/mol. The van der Waals surface area contributed by atoms with Crippen molar-refractivity contribution < 1.29 is 20.1 Å². The zero-order chi connectivity index (χ0) is 14.6. The van der Waals surface area contributed by atoms with Gasteiger partial charge in [-0.15, -0.1) is 0 Å². The largest absolute Gasteiger partial charge is 0.394 e. The van der Waals surface area contributed by atoms with E-state index in [4.69, 9.17) is 5.11 Å². The van der Waals surface area contributed by atoms with E-state index in [1.165, 1.54) is 13.0 Å². The van der Waals surface area contributed by atoms with Gasteiger partial charge >= 0.3 is 5.69 Å². The molecule has 1 unspecified atom stereocenters. The minimum Gasteiger partial charge on any atom is -0.394 e.